The number of ether oxygens (including phenoxy) is 1. The highest BCUT2D eigenvalue weighted by atomic mass is 19.1. The lowest BCUT2D eigenvalue weighted by Crippen LogP contribution is -2.45. The second-order valence-electron chi connectivity index (χ2n) is 5.52. The molecule has 1 N–H and O–H groups in total. The van der Waals surface area contributed by atoms with E-state index in [1.54, 1.807) is 19.2 Å². The molecule has 3 rings (SSSR count). The standard InChI is InChI=1S/C18H21FN2O/c1-22-17-7-3-5-15(13-17)18(21-10-8-20-9-11-21)14-4-2-6-16(19)12-14/h2-7,12-13,18,20H,8-11H2,1H3. The summed E-state index contributed by atoms with van der Waals surface area (Å²) in [4.78, 5) is 2.39. The monoisotopic (exact) mass is 300 g/mol. The van der Waals surface area contributed by atoms with Gasteiger partial charge in [-0.2, -0.15) is 0 Å². The van der Waals surface area contributed by atoms with E-state index >= 15 is 0 Å². The summed E-state index contributed by atoms with van der Waals surface area (Å²) in [6.45, 7) is 3.79. The van der Waals surface area contributed by atoms with E-state index in [4.69, 9.17) is 4.74 Å². The molecule has 0 amide bonds. The molecule has 3 nitrogen and oxygen atoms in total. The zero-order chi connectivity index (χ0) is 15.4. The van der Waals surface area contributed by atoms with Gasteiger partial charge in [0.1, 0.15) is 11.6 Å². The van der Waals surface area contributed by atoms with Gasteiger partial charge >= 0.3 is 0 Å². The van der Waals surface area contributed by atoms with Crippen LogP contribution in [0.2, 0.25) is 0 Å². The fourth-order valence-electron chi connectivity index (χ4n) is 3.04. The van der Waals surface area contributed by atoms with Gasteiger partial charge in [-0.05, 0) is 35.4 Å². The van der Waals surface area contributed by atoms with Gasteiger partial charge in [-0.15, -0.1) is 0 Å². The van der Waals surface area contributed by atoms with Gasteiger partial charge in [-0.25, -0.2) is 4.39 Å². The van der Waals surface area contributed by atoms with Gasteiger partial charge in [0, 0.05) is 26.2 Å². The first kappa shape index (κ1) is 15.0. The topological polar surface area (TPSA) is 24.5 Å². The van der Waals surface area contributed by atoms with Gasteiger partial charge in [0.15, 0.2) is 0 Å². The molecule has 0 aromatic heterocycles. The van der Waals surface area contributed by atoms with Crippen molar-refractivity contribution in [1.29, 1.82) is 0 Å². The zero-order valence-corrected chi connectivity index (χ0v) is 12.8. The molecule has 2 aromatic carbocycles. The van der Waals surface area contributed by atoms with Crippen molar-refractivity contribution in [3.05, 3.63) is 65.5 Å². The summed E-state index contributed by atoms with van der Waals surface area (Å²) in [5.41, 5.74) is 2.11. The number of piperazine rings is 1. The molecule has 1 aliphatic rings. The van der Waals surface area contributed by atoms with Crippen LogP contribution in [0.15, 0.2) is 48.5 Å². The van der Waals surface area contributed by atoms with E-state index in [0.717, 1.165) is 43.1 Å². The number of benzene rings is 2. The number of hydrogen-bond donors (Lipinski definition) is 1. The average Bonchev–Trinajstić information content (AvgIpc) is 2.56. The van der Waals surface area contributed by atoms with Gasteiger partial charge in [0.05, 0.1) is 13.2 Å². The predicted molar refractivity (Wildman–Crippen MR) is 85.7 cm³/mol. The Hall–Kier alpha value is -1.91. The maximum Gasteiger partial charge on any atom is 0.123 e. The van der Waals surface area contributed by atoms with Gasteiger partial charge in [0.25, 0.3) is 0 Å². The minimum atomic E-state index is -0.194. The summed E-state index contributed by atoms with van der Waals surface area (Å²) in [6.07, 6.45) is 0. The van der Waals surface area contributed by atoms with Gasteiger partial charge < -0.3 is 10.1 Å². The Morgan fingerprint density at radius 2 is 1.73 bits per heavy atom. The Balaban J connectivity index is 2.01. The molecule has 4 heteroatoms. The van der Waals surface area contributed by atoms with E-state index in [-0.39, 0.29) is 11.9 Å². The number of hydrogen-bond acceptors (Lipinski definition) is 3. The lowest BCUT2D eigenvalue weighted by atomic mass is 9.96. The molecule has 1 heterocycles. The quantitative estimate of drug-likeness (QED) is 0.939. The molecule has 1 unspecified atom stereocenters. The highest BCUT2D eigenvalue weighted by Crippen LogP contribution is 2.31. The van der Waals surface area contributed by atoms with Crippen LogP contribution in [-0.4, -0.2) is 38.2 Å². The van der Waals surface area contributed by atoms with Crippen molar-refractivity contribution >= 4 is 0 Å². The van der Waals surface area contributed by atoms with Crippen LogP contribution in [0, 0.1) is 5.82 Å². The Bertz CT molecular complexity index is 626. The van der Waals surface area contributed by atoms with Crippen molar-refractivity contribution in [2.24, 2.45) is 0 Å². The van der Waals surface area contributed by atoms with Crippen LogP contribution in [0.3, 0.4) is 0 Å². The van der Waals surface area contributed by atoms with Crippen LogP contribution in [-0.2, 0) is 0 Å². The van der Waals surface area contributed by atoms with Crippen LogP contribution < -0.4 is 10.1 Å². The molecular formula is C18H21FN2O. The normalized spacial score (nSPS) is 17.2. The maximum atomic E-state index is 13.7. The van der Waals surface area contributed by atoms with E-state index in [1.807, 2.05) is 24.3 Å². The molecule has 0 saturated carbocycles. The summed E-state index contributed by atoms with van der Waals surface area (Å²) in [7, 11) is 1.67. The first-order valence-corrected chi connectivity index (χ1v) is 7.62. The number of methoxy groups -OCH3 is 1. The van der Waals surface area contributed by atoms with Crippen LogP contribution >= 0.6 is 0 Å². The molecule has 1 saturated heterocycles. The Morgan fingerprint density at radius 1 is 1.05 bits per heavy atom. The van der Waals surface area contributed by atoms with Crippen molar-refractivity contribution < 1.29 is 9.13 Å². The molecule has 0 aliphatic carbocycles. The van der Waals surface area contributed by atoms with E-state index in [2.05, 4.69) is 16.3 Å². The second kappa shape index (κ2) is 6.90. The van der Waals surface area contributed by atoms with Crippen LogP contribution in [0.25, 0.3) is 0 Å². The van der Waals surface area contributed by atoms with Gasteiger partial charge in [-0.3, -0.25) is 4.90 Å². The van der Waals surface area contributed by atoms with Crippen LogP contribution in [0.1, 0.15) is 17.2 Å². The van der Waals surface area contributed by atoms with E-state index in [0.29, 0.717) is 0 Å². The highest BCUT2D eigenvalue weighted by molar-refractivity contribution is 5.37. The minimum absolute atomic E-state index is 0.0490. The Kier molecular flexibility index (Phi) is 4.71. The van der Waals surface area contributed by atoms with Crippen LogP contribution in [0.5, 0.6) is 5.75 Å². The van der Waals surface area contributed by atoms with Crippen molar-refractivity contribution in [3.8, 4) is 5.75 Å². The summed E-state index contributed by atoms with van der Waals surface area (Å²) in [5.74, 6) is 0.634. The minimum Gasteiger partial charge on any atom is -0.497 e. The molecule has 1 atom stereocenters. The lowest BCUT2D eigenvalue weighted by Gasteiger charge is -2.35. The second-order valence-corrected chi connectivity index (χ2v) is 5.52. The smallest absolute Gasteiger partial charge is 0.123 e. The first-order valence-electron chi connectivity index (χ1n) is 7.62. The molecule has 1 fully saturated rings. The third-order valence-corrected chi connectivity index (χ3v) is 4.09. The van der Waals surface area contributed by atoms with Crippen molar-refractivity contribution in [3.63, 3.8) is 0 Å². The predicted octanol–water partition coefficient (Wildman–Crippen LogP) is 2.83. The Labute approximate surface area is 130 Å². The largest absolute Gasteiger partial charge is 0.497 e. The fraction of sp³-hybridized carbons (Fsp3) is 0.333. The Morgan fingerprint density at radius 3 is 2.41 bits per heavy atom. The summed E-state index contributed by atoms with van der Waals surface area (Å²) >= 11 is 0. The van der Waals surface area contributed by atoms with E-state index in [9.17, 15) is 4.39 Å². The molecule has 22 heavy (non-hydrogen) atoms. The summed E-state index contributed by atoms with van der Waals surface area (Å²) in [5, 5.41) is 3.37. The van der Waals surface area contributed by atoms with E-state index < -0.39 is 0 Å². The van der Waals surface area contributed by atoms with Gasteiger partial charge in [0.2, 0.25) is 0 Å². The molecular weight excluding hydrogens is 279 g/mol. The SMILES string of the molecule is COc1cccc(C(c2cccc(F)c2)N2CCNCC2)c1. The zero-order valence-electron chi connectivity index (χ0n) is 12.8. The molecule has 1 aliphatic heterocycles. The van der Waals surface area contributed by atoms with Gasteiger partial charge in [-0.1, -0.05) is 24.3 Å². The lowest BCUT2D eigenvalue weighted by molar-refractivity contribution is 0.198. The van der Waals surface area contributed by atoms with Crippen molar-refractivity contribution in [2.75, 3.05) is 33.3 Å². The maximum absolute atomic E-state index is 13.7. The fourth-order valence-corrected chi connectivity index (χ4v) is 3.04. The molecule has 0 bridgehead atoms. The third kappa shape index (κ3) is 3.29. The molecule has 0 radical (unpaired) electrons. The van der Waals surface area contributed by atoms with Crippen molar-refractivity contribution in [2.45, 2.75) is 6.04 Å². The summed E-state index contributed by atoms with van der Waals surface area (Å²) in [6, 6.07) is 15.0. The average molecular weight is 300 g/mol. The number of nitrogens with zero attached hydrogens (tertiary/aromatic N) is 1. The van der Waals surface area contributed by atoms with Crippen molar-refractivity contribution in [1.82, 2.24) is 10.2 Å². The van der Waals surface area contributed by atoms with Crippen LogP contribution in [0.4, 0.5) is 4.39 Å². The summed E-state index contributed by atoms with van der Waals surface area (Å²) < 4.78 is 19.0. The molecule has 0 spiro atoms. The first-order chi connectivity index (χ1) is 10.8. The number of halogens is 1. The van der Waals surface area contributed by atoms with E-state index in [1.165, 1.54) is 6.07 Å². The third-order valence-electron chi connectivity index (χ3n) is 4.09. The molecule has 116 valence electrons. The number of rotatable bonds is 4. The number of nitrogens with one attached hydrogen (secondary N) is 1. The highest BCUT2D eigenvalue weighted by Gasteiger charge is 2.24. The molecule has 2 aromatic rings.